The number of nitrogen functional groups attached to an aromatic ring is 1. The van der Waals surface area contributed by atoms with Crippen LogP contribution in [-0.2, 0) is 0 Å². The number of rotatable bonds is 1. The minimum absolute atomic E-state index is 0.0758. The second kappa shape index (κ2) is 3.66. The van der Waals surface area contributed by atoms with Crippen molar-refractivity contribution in [1.29, 1.82) is 5.26 Å². The van der Waals surface area contributed by atoms with E-state index in [0.717, 1.165) is 6.07 Å². The predicted molar refractivity (Wildman–Crippen MR) is 46.0 cm³/mol. The van der Waals surface area contributed by atoms with Crippen LogP contribution in [0.4, 0.5) is 14.5 Å². The third kappa shape index (κ3) is 1.92. The van der Waals surface area contributed by atoms with Gasteiger partial charge < -0.3 is 5.73 Å². The van der Waals surface area contributed by atoms with E-state index in [0.29, 0.717) is 0 Å². The lowest BCUT2D eigenvalue weighted by atomic mass is 10.3. The van der Waals surface area contributed by atoms with E-state index in [9.17, 15) is 8.78 Å². The van der Waals surface area contributed by atoms with Crippen LogP contribution in [0.5, 0.6) is 0 Å². The van der Waals surface area contributed by atoms with E-state index in [2.05, 4.69) is 20.9 Å². The van der Waals surface area contributed by atoms with E-state index in [1.807, 2.05) is 0 Å². The van der Waals surface area contributed by atoms with Gasteiger partial charge in [0, 0.05) is 4.47 Å². The molecule has 0 atom stereocenters. The Balaban J connectivity index is 3.32. The zero-order chi connectivity index (χ0) is 10.0. The van der Waals surface area contributed by atoms with E-state index in [4.69, 9.17) is 11.0 Å². The van der Waals surface area contributed by atoms with Gasteiger partial charge in [0.05, 0.1) is 5.69 Å². The van der Waals surface area contributed by atoms with Crippen molar-refractivity contribution in [2.24, 2.45) is 0 Å². The average Bonchev–Trinajstić information content (AvgIpc) is 2.09. The summed E-state index contributed by atoms with van der Waals surface area (Å²) in [5.74, 6) is 0. The highest BCUT2D eigenvalue weighted by molar-refractivity contribution is 9.10. The Kier molecular flexibility index (Phi) is 2.78. The van der Waals surface area contributed by atoms with Crippen LogP contribution in [0.15, 0.2) is 10.5 Å². The summed E-state index contributed by atoms with van der Waals surface area (Å²) >= 11 is 2.96. The Hall–Kier alpha value is -1.22. The number of aromatic nitrogens is 1. The highest BCUT2D eigenvalue weighted by Crippen LogP contribution is 2.26. The van der Waals surface area contributed by atoms with Crippen LogP contribution in [0.3, 0.4) is 0 Å². The molecular weight excluding hydrogens is 244 g/mol. The van der Waals surface area contributed by atoms with Gasteiger partial charge in [-0.3, -0.25) is 0 Å². The number of halogens is 3. The first-order valence-corrected chi connectivity index (χ1v) is 3.99. The molecule has 1 aromatic rings. The Morgan fingerprint density at radius 3 is 2.69 bits per heavy atom. The van der Waals surface area contributed by atoms with Crippen LogP contribution in [0.25, 0.3) is 0 Å². The van der Waals surface area contributed by atoms with Gasteiger partial charge >= 0.3 is 0 Å². The highest BCUT2D eigenvalue weighted by Gasteiger charge is 2.14. The fourth-order valence-corrected chi connectivity index (χ4v) is 1.16. The van der Waals surface area contributed by atoms with Crippen LogP contribution in [0.1, 0.15) is 17.8 Å². The van der Waals surface area contributed by atoms with Gasteiger partial charge in [-0.25, -0.2) is 13.8 Å². The van der Waals surface area contributed by atoms with Gasteiger partial charge in [0.2, 0.25) is 0 Å². The predicted octanol–water partition coefficient (Wildman–Crippen LogP) is 2.24. The molecule has 1 rings (SSSR count). The molecule has 0 amide bonds. The summed E-state index contributed by atoms with van der Waals surface area (Å²) in [6.45, 7) is 0. The zero-order valence-corrected chi connectivity index (χ0v) is 7.85. The number of nitriles is 1. The molecule has 0 spiro atoms. The van der Waals surface area contributed by atoms with Gasteiger partial charge in [0.1, 0.15) is 11.8 Å². The molecule has 2 N–H and O–H groups in total. The van der Waals surface area contributed by atoms with E-state index in [1.165, 1.54) is 0 Å². The molecule has 0 unspecified atom stereocenters. The molecular formula is C7H4BrF2N3. The van der Waals surface area contributed by atoms with Gasteiger partial charge in [-0.2, -0.15) is 5.26 Å². The number of anilines is 1. The standard InChI is InChI=1S/C7H4BrF2N3/c8-3-1-4(7(9)10)13-5(2-11)6(3)12/h1,7H,12H2. The number of pyridine rings is 1. The maximum Gasteiger partial charge on any atom is 0.280 e. The fourth-order valence-electron chi connectivity index (χ4n) is 0.739. The van der Waals surface area contributed by atoms with Gasteiger partial charge in [-0.15, -0.1) is 0 Å². The molecule has 0 radical (unpaired) electrons. The van der Waals surface area contributed by atoms with Gasteiger partial charge in [-0.05, 0) is 22.0 Å². The smallest absolute Gasteiger partial charge is 0.280 e. The molecule has 6 heteroatoms. The number of nitrogens with two attached hydrogens (primary N) is 1. The summed E-state index contributed by atoms with van der Waals surface area (Å²) in [5.41, 5.74) is 4.81. The van der Waals surface area contributed by atoms with Crippen molar-refractivity contribution in [3.05, 3.63) is 21.9 Å². The highest BCUT2D eigenvalue weighted by atomic mass is 79.9. The van der Waals surface area contributed by atoms with Gasteiger partial charge in [-0.1, -0.05) is 0 Å². The number of hydrogen-bond acceptors (Lipinski definition) is 3. The molecule has 1 aromatic heterocycles. The normalized spacial score (nSPS) is 10.1. The van der Waals surface area contributed by atoms with Crippen LogP contribution < -0.4 is 5.73 Å². The summed E-state index contributed by atoms with van der Waals surface area (Å²) in [4.78, 5) is 3.38. The van der Waals surface area contributed by atoms with Crippen molar-refractivity contribution >= 4 is 21.6 Å². The minimum atomic E-state index is -2.70. The second-order valence-corrected chi connectivity index (χ2v) is 3.06. The van der Waals surface area contributed by atoms with E-state index >= 15 is 0 Å². The first-order valence-electron chi connectivity index (χ1n) is 3.20. The molecule has 0 bridgehead atoms. The third-order valence-electron chi connectivity index (χ3n) is 1.36. The molecule has 0 aliphatic rings. The van der Waals surface area contributed by atoms with Crippen molar-refractivity contribution in [2.75, 3.05) is 5.73 Å². The Morgan fingerprint density at radius 1 is 1.62 bits per heavy atom. The Morgan fingerprint density at radius 2 is 2.23 bits per heavy atom. The zero-order valence-electron chi connectivity index (χ0n) is 6.26. The van der Waals surface area contributed by atoms with E-state index in [-0.39, 0.29) is 15.9 Å². The lowest BCUT2D eigenvalue weighted by Crippen LogP contribution is -1.99. The van der Waals surface area contributed by atoms with E-state index in [1.54, 1.807) is 6.07 Å². The van der Waals surface area contributed by atoms with Crippen LogP contribution >= 0.6 is 15.9 Å². The summed E-state index contributed by atoms with van der Waals surface area (Å²) in [5, 5.41) is 8.49. The third-order valence-corrected chi connectivity index (χ3v) is 2.01. The van der Waals surface area contributed by atoms with Crippen LogP contribution in [-0.4, -0.2) is 4.98 Å². The maximum absolute atomic E-state index is 12.2. The molecule has 0 aliphatic carbocycles. The lowest BCUT2D eigenvalue weighted by Gasteiger charge is -2.03. The summed E-state index contributed by atoms with van der Waals surface area (Å²) in [7, 11) is 0. The maximum atomic E-state index is 12.2. The van der Waals surface area contributed by atoms with Crippen LogP contribution in [0.2, 0.25) is 0 Å². The largest absolute Gasteiger partial charge is 0.395 e. The van der Waals surface area contributed by atoms with Crippen molar-refractivity contribution in [3.63, 3.8) is 0 Å². The molecule has 0 fully saturated rings. The molecule has 0 aliphatic heterocycles. The molecule has 0 saturated carbocycles. The topological polar surface area (TPSA) is 62.7 Å². The first kappa shape index (κ1) is 9.86. The second-order valence-electron chi connectivity index (χ2n) is 2.20. The SMILES string of the molecule is N#Cc1nc(C(F)F)cc(Br)c1N. The summed E-state index contributed by atoms with van der Waals surface area (Å²) in [6, 6.07) is 2.73. The van der Waals surface area contributed by atoms with Gasteiger partial charge in [0.15, 0.2) is 5.69 Å². The summed E-state index contributed by atoms with van der Waals surface area (Å²) in [6.07, 6.45) is -2.70. The van der Waals surface area contributed by atoms with Crippen molar-refractivity contribution in [3.8, 4) is 6.07 Å². The van der Waals surface area contributed by atoms with Crippen molar-refractivity contribution < 1.29 is 8.78 Å². The quantitative estimate of drug-likeness (QED) is 0.828. The fraction of sp³-hybridized carbons (Fsp3) is 0.143. The average molecular weight is 248 g/mol. The molecule has 13 heavy (non-hydrogen) atoms. The number of alkyl halides is 2. The van der Waals surface area contributed by atoms with Crippen molar-refractivity contribution in [1.82, 2.24) is 4.98 Å². The number of hydrogen-bond donors (Lipinski definition) is 1. The molecule has 3 nitrogen and oxygen atoms in total. The first-order chi connectivity index (χ1) is 6.06. The lowest BCUT2D eigenvalue weighted by molar-refractivity contribution is 0.146. The molecule has 0 aromatic carbocycles. The van der Waals surface area contributed by atoms with E-state index < -0.39 is 12.1 Å². The number of nitrogens with zero attached hydrogens (tertiary/aromatic N) is 2. The molecule has 1 heterocycles. The Labute approximate surface area is 81.3 Å². The molecule has 68 valence electrons. The van der Waals surface area contributed by atoms with Gasteiger partial charge in [0.25, 0.3) is 6.43 Å². The summed E-state index contributed by atoms with van der Waals surface area (Å²) < 4.78 is 24.6. The Bertz CT molecular complexity index is 373. The monoisotopic (exact) mass is 247 g/mol. The minimum Gasteiger partial charge on any atom is -0.395 e. The van der Waals surface area contributed by atoms with Crippen molar-refractivity contribution in [2.45, 2.75) is 6.43 Å². The van der Waals surface area contributed by atoms with Crippen LogP contribution in [0, 0.1) is 11.3 Å². The molecule has 0 saturated heterocycles.